The van der Waals surface area contributed by atoms with Gasteiger partial charge >= 0.3 is 0 Å². The predicted molar refractivity (Wildman–Crippen MR) is 59.2 cm³/mol. The monoisotopic (exact) mass is 184 g/mol. The Bertz CT molecular complexity index is 410. The first-order chi connectivity index (χ1) is 6.90. The SMILES string of the molecule is CNc1cc(-c2ccccc2)ccn1. The van der Waals surface area contributed by atoms with E-state index in [0.29, 0.717) is 0 Å². The molecule has 0 saturated heterocycles. The van der Waals surface area contributed by atoms with Gasteiger partial charge < -0.3 is 5.32 Å². The maximum absolute atomic E-state index is 4.17. The number of aromatic nitrogens is 1. The summed E-state index contributed by atoms with van der Waals surface area (Å²) in [5.74, 6) is 0.895. The number of nitrogens with one attached hydrogen (secondary N) is 1. The van der Waals surface area contributed by atoms with Crippen molar-refractivity contribution in [3.05, 3.63) is 48.7 Å². The highest BCUT2D eigenvalue weighted by Gasteiger charge is 1.97. The van der Waals surface area contributed by atoms with E-state index in [1.54, 1.807) is 0 Å². The van der Waals surface area contributed by atoms with E-state index in [1.807, 2.05) is 43.6 Å². The normalized spacial score (nSPS) is 9.79. The number of pyridine rings is 1. The molecule has 0 aliphatic heterocycles. The van der Waals surface area contributed by atoms with E-state index >= 15 is 0 Å². The second-order valence-electron chi connectivity index (χ2n) is 3.05. The molecule has 0 aliphatic rings. The van der Waals surface area contributed by atoms with Crippen molar-refractivity contribution in [2.75, 3.05) is 12.4 Å². The topological polar surface area (TPSA) is 24.9 Å². The Morgan fingerprint density at radius 2 is 1.79 bits per heavy atom. The second-order valence-corrected chi connectivity index (χ2v) is 3.05. The smallest absolute Gasteiger partial charge is 0.126 e. The van der Waals surface area contributed by atoms with Gasteiger partial charge in [-0.1, -0.05) is 30.3 Å². The molecule has 2 heteroatoms. The van der Waals surface area contributed by atoms with Crippen LogP contribution in [0.25, 0.3) is 11.1 Å². The van der Waals surface area contributed by atoms with Gasteiger partial charge in [-0.2, -0.15) is 0 Å². The maximum Gasteiger partial charge on any atom is 0.126 e. The first kappa shape index (κ1) is 8.75. The Morgan fingerprint density at radius 3 is 2.50 bits per heavy atom. The molecule has 1 aromatic heterocycles. The van der Waals surface area contributed by atoms with Gasteiger partial charge in [-0.25, -0.2) is 4.98 Å². The third kappa shape index (κ3) is 1.74. The molecule has 0 amide bonds. The summed E-state index contributed by atoms with van der Waals surface area (Å²) in [4.78, 5) is 4.17. The van der Waals surface area contributed by atoms with Crippen LogP contribution in [0.15, 0.2) is 48.7 Å². The third-order valence-electron chi connectivity index (χ3n) is 2.12. The number of nitrogens with zero attached hydrogens (tertiary/aromatic N) is 1. The molecule has 0 spiro atoms. The second kappa shape index (κ2) is 3.92. The van der Waals surface area contributed by atoms with Crippen LogP contribution in [0.5, 0.6) is 0 Å². The maximum atomic E-state index is 4.17. The molecule has 2 rings (SSSR count). The van der Waals surface area contributed by atoms with Crippen molar-refractivity contribution in [2.24, 2.45) is 0 Å². The zero-order valence-electron chi connectivity index (χ0n) is 8.07. The van der Waals surface area contributed by atoms with Crippen molar-refractivity contribution in [3.8, 4) is 11.1 Å². The van der Waals surface area contributed by atoms with Crippen LogP contribution in [0.2, 0.25) is 0 Å². The highest BCUT2D eigenvalue weighted by molar-refractivity contribution is 5.65. The molecule has 2 nitrogen and oxygen atoms in total. The van der Waals surface area contributed by atoms with Gasteiger partial charge in [-0.15, -0.1) is 0 Å². The van der Waals surface area contributed by atoms with Crippen LogP contribution in [-0.2, 0) is 0 Å². The summed E-state index contributed by atoms with van der Waals surface area (Å²) in [5, 5.41) is 3.03. The van der Waals surface area contributed by atoms with Gasteiger partial charge in [0.15, 0.2) is 0 Å². The largest absolute Gasteiger partial charge is 0.373 e. The van der Waals surface area contributed by atoms with Crippen molar-refractivity contribution in [1.29, 1.82) is 0 Å². The van der Waals surface area contributed by atoms with Gasteiger partial charge in [-0.3, -0.25) is 0 Å². The molecule has 70 valence electrons. The van der Waals surface area contributed by atoms with Crippen molar-refractivity contribution in [2.45, 2.75) is 0 Å². The Balaban J connectivity index is 2.42. The van der Waals surface area contributed by atoms with E-state index in [0.717, 1.165) is 5.82 Å². The summed E-state index contributed by atoms with van der Waals surface area (Å²) in [5.41, 5.74) is 2.40. The van der Waals surface area contributed by atoms with Crippen molar-refractivity contribution < 1.29 is 0 Å². The molecule has 0 bridgehead atoms. The molecule has 0 atom stereocenters. The summed E-state index contributed by atoms with van der Waals surface area (Å²) in [6.07, 6.45) is 1.81. The Hall–Kier alpha value is -1.83. The van der Waals surface area contributed by atoms with E-state index < -0.39 is 0 Å². The van der Waals surface area contributed by atoms with Crippen LogP contribution >= 0.6 is 0 Å². The fourth-order valence-electron chi connectivity index (χ4n) is 1.38. The number of hydrogen-bond donors (Lipinski definition) is 1. The molecule has 1 heterocycles. The minimum absolute atomic E-state index is 0.895. The molecule has 0 aliphatic carbocycles. The lowest BCUT2D eigenvalue weighted by Crippen LogP contribution is -1.91. The van der Waals surface area contributed by atoms with Gasteiger partial charge in [0.2, 0.25) is 0 Å². The lowest BCUT2D eigenvalue weighted by Gasteiger charge is -2.03. The highest BCUT2D eigenvalue weighted by atomic mass is 14.9. The van der Waals surface area contributed by atoms with E-state index in [2.05, 4.69) is 22.4 Å². The molecule has 0 saturated carbocycles. The van der Waals surface area contributed by atoms with E-state index in [4.69, 9.17) is 0 Å². The van der Waals surface area contributed by atoms with Crippen molar-refractivity contribution in [3.63, 3.8) is 0 Å². The van der Waals surface area contributed by atoms with Crippen LogP contribution in [0.3, 0.4) is 0 Å². The lowest BCUT2D eigenvalue weighted by atomic mass is 10.1. The average Bonchev–Trinajstić information content (AvgIpc) is 2.30. The van der Waals surface area contributed by atoms with Crippen LogP contribution in [0, 0.1) is 0 Å². The van der Waals surface area contributed by atoms with Gasteiger partial charge in [-0.05, 0) is 23.3 Å². The zero-order chi connectivity index (χ0) is 9.80. The van der Waals surface area contributed by atoms with Gasteiger partial charge in [0.25, 0.3) is 0 Å². The molecule has 14 heavy (non-hydrogen) atoms. The van der Waals surface area contributed by atoms with Crippen molar-refractivity contribution in [1.82, 2.24) is 4.98 Å². The van der Waals surface area contributed by atoms with Gasteiger partial charge in [0.05, 0.1) is 0 Å². The third-order valence-corrected chi connectivity index (χ3v) is 2.12. The number of rotatable bonds is 2. The molecular weight excluding hydrogens is 172 g/mol. The summed E-state index contributed by atoms with van der Waals surface area (Å²) >= 11 is 0. The first-order valence-corrected chi connectivity index (χ1v) is 4.59. The number of anilines is 1. The predicted octanol–water partition coefficient (Wildman–Crippen LogP) is 2.79. The fourth-order valence-corrected chi connectivity index (χ4v) is 1.38. The summed E-state index contributed by atoms with van der Waals surface area (Å²) in [7, 11) is 1.87. The molecule has 0 fully saturated rings. The minimum atomic E-state index is 0.895. The van der Waals surface area contributed by atoms with E-state index in [1.165, 1.54) is 11.1 Å². The standard InChI is InChI=1S/C12H12N2/c1-13-12-9-11(7-8-14-12)10-5-3-2-4-6-10/h2-9H,1H3,(H,13,14). The van der Waals surface area contributed by atoms with Crippen LogP contribution in [0.1, 0.15) is 0 Å². The average molecular weight is 184 g/mol. The molecule has 0 unspecified atom stereocenters. The van der Waals surface area contributed by atoms with Gasteiger partial charge in [0.1, 0.15) is 5.82 Å². The molecule has 2 aromatic rings. The molecular formula is C12H12N2. The Kier molecular flexibility index (Phi) is 2.45. The Morgan fingerprint density at radius 1 is 1.00 bits per heavy atom. The summed E-state index contributed by atoms with van der Waals surface area (Å²) in [6, 6.07) is 14.3. The number of benzene rings is 1. The van der Waals surface area contributed by atoms with Crippen LogP contribution in [0.4, 0.5) is 5.82 Å². The number of hydrogen-bond acceptors (Lipinski definition) is 2. The van der Waals surface area contributed by atoms with Crippen LogP contribution in [-0.4, -0.2) is 12.0 Å². The zero-order valence-corrected chi connectivity index (χ0v) is 8.07. The summed E-state index contributed by atoms with van der Waals surface area (Å²) < 4.78 is 0. The Labute approximate surface area is 83.6 Å². The highest BCUT2D eigenvalue weighted by Crippen LogP contribution is 2.20. The first-order valence-electron chi connectivity index (χ1n) is 4.59. The molecule has 1 aromatic carbocycles. The summed E-state index contributed by atoms with van der Waals surface area (Å²) in [6.45, 7) is 0. The van der Waals surface area contributed by atoms with E-state index in [9.17, 15) is 0 Å². The minimum Gasteiger partial charge on any atom is -0.373 e. The fraction of sp³-hybridized carbons (Fsp3) is 0.0833. The van der Waals surface area contributed by atoms with Gasteiger partial charge in [0, 0.05) is 13.2 Å². The lowest BCUT2D eigenvalue weighted by molar-refractivity contribution is 1.29. The van der Waals surface area contributed by atoms with Crippen LogP contribution < -0.4 is 5.32 Å². The quantitative estimate of drug-likeness (QED) is 0.776. The van der Waals surface area contributed by atoms with E-state index in [-0.39, 0.29) is 0 Å². The van der Waals surface area contributed by atoms with Crippen molar-refractivity contribution >= 4 is 5.82 Å². The molecule has 1 N–H and O–H groups in total. The molecule has 0 radical (unpaired) electrons.